The van der Waals surface area contributed by atoms with Crippen LogP contribution < -0.4 is 5.32 Å². The van der Waals surface area contributed by atoms with Gasteiger partial charge in [0.1, 0.15) is 6.04 Å². The highest BCUT2D eigenvalue weighted by Crippen LogP contribution is 2.19. The third-order valence-electron chi connectivity index (χ3n) is 4.52. The maximum atomic E-state index is 13.1. The quantitative estimate of drug-likeness (QED) is 0.743. The molecule has 1 fully saturated rings. The highest BCUT2D eigenvalue weighted by Gasteiger charge is 2.32. The molecule has 2 atom stereocenters. The Morgan fingerprint density at radius 2 is 2.00 bits per heavy atom. The lowest BCUT2D eigenvalue weighted by Crippen LogP contribution is -2.51. The second-order valence-electron chi connectivity index (χ2n) is 7.22. The lowest BCUT2D eigenvalue weighted by Gasteiger charge is -2.27. The first-order valence-corrected chi connectivity index (χ1v) is 10.4. The molecule has 0 spiro atoms. The first-order chi connectivity index (χ1) is 12.9. The third-order valence-corrected chi connectivity index (χ3v) is 5.72. The van der Waals surface area contributed by atoms with Gasteiger partial charge >= 0.3 is 5.97 Å². The average Bonchev–Trinajstić information content (AvgIpc) is 2.66. The number of carbonyl (C=O) groups is 3. The molecular formula is C20H28N2O4S. The van der Waals surface area contributed by atoms with Crippen molar-refractivity contribution in [2.45, 2.75) is 44.4 Å². The number of carbonyl (C=O) groups excluding carboxylic acids is 2. The molecule has 1 aromatic carbocycles. The molecule has 0 unspecified atom stereocenters. The predicted octanol–water partition coefficient (Wildman–Crippen LogP) is 2.18. The highest BCUT2D eigenvalue weighted by atomic mass is 32.2. The van der Waals surface area contributed by atoms with E-state index in [0.29, 0.717) is 31.2 Å². The molecule has 2 amide bonds. The van der Waals surface area contributed by atoms with Crippen LogP contribution in [-0.2, 0) is 20.8 Å². The number of hydrogen-bond acceptors (Lipinski definition) is 4. The number of carboxylic acids is 1. The Kier molecular flexibility index (Phi) is 8.16. The summed E-state index contributed by atoms with van der Waals surface area (Å²) in [6, 6.07) is 8.87. The number of aliphatic carboxylic acids is 1. The van der Waals surface area contributed by atoms with Crippen LogP contribution in [0.2, 0.25) is 0 Å². The first kappa shape index (κ1) is 21.3. The SMILES string of the molecule is CC(C)CCN1CCS[C@@H](CC(=O)O)C(=O)N[C@@H](Cc2ccccc2)C1=O. The number of nitrogens with one attached hydrogen (secondary N) is 1. The number of hydrogen-bond donors (Lipinski definition) is 2. The smallest absolute Gasteiger partial charge is 0.305 e. The summed E-state index contributed by atoms with van der Waals surface area (Å²) < 4.78 is 0. The summed E-state index contributed by atoms with van der Waals surface area (Å²) in [7, 11) is 0. The van der Waals surface area contributed by atoms with E-state index in [9.17, 15) is 14.4 Å². The van der Waals surface area contributed by atoms with Crippen molar-refractivity contribution in [2.24, 2.45) is 5.92 Å². The second-order valence-corrected chi connectivity index (χ2v) is 8.53. The van der Waals surface area contributed by atoms with E-state index in [2.05, 4.69) is 19.2 Å². The Hall–Kier alpha value is -2.02. The number of rotatable bonds is 7. The van der Waals surface area contributed by atoms with Crippen molar-refractivity contribution in [3.05, 3.63) is 35.9 Å². The van der Waals surface area contributed by atoms with Gasteiger partial charge in [-0.3, -0.25) is 14.4 Å². The summed E-state index contributed by atoms with van der Waals surface area (Å²) in [4.78, 5) is 38.7. The molecular weight excluding hydrogens is 364 g/mol. The van der Waals surface area contributed by atoms with E-state index in [-0.39, 0.29) is 18.2 Å². The monoisotopic (exact) mass is 392 g/mol. The zero-order valence-corrected chi connectivity index (χ0v) is 16.7. The molecule has 1 saturated heterocycles. The van der Waals surface area contributed by atoms with Gasteiger partial charge in [-0.25, -0.2) is 0 Å². The van der Waals surface area contributed by atoms with Gasteiger partial charge in [0.05, 0.1) is 11.7 Å². The lowest BCUT2D eigenvalue weighted by atomic mass is 10.0. The fourth-order valence-electron chi connectivity index (χ4n) is 2.97. The van der Waals surface area contributed by atoms with Crippen molar-refractivity contribution in [1.82, 2.24) is 10.2 Å². The summed E-state index contributed by atoms with van der Waals surface area (Å²) in [5.41, 5.74) is 0.960. The minimum atomic E-state index is -1.01. The Balaban J connectivity index is 2.21. The topological polar surface area (TPSA) is 86.7 Å². The summed E-state index contributed by atoms with van der Waals surface area (Å²) in [6.45, 7) is 5.39. The van der Waals surface area contributed by atoms with Crippen molar-refractivity contribution in [3.8, 4) is 0 Å². The second kappa shape index (κ2) is 10.3. The van der Waals surface area contributed by atoms with Gasteiger partial charge in [0.25, 0.3) is 0 Å². The zero-order valence-electron chi connectivity index (χ0n) is 15.9. The van der Waals surface area contributed by atoms with E-state index in [1.165, 1.54) is 11.8 Å². The van der Waals surface area contributed by atoms with E-state index in [4.69, 9.17) is 5.11 Å². The van der Waals surface area contributed by atoms with Crippen molar-refractivity contribution in [1.29, 1.82) is 0 Å². The molecule has 2 N–H and O–H groups in total. The molecule has 0 bridgehead atoms. The molecule has 1 aliphatic rings. The maximum absolute atomic E-state index is 13.1. The zero-order chi connectivity index (χ0) is 19.8. The van der Waals surface area contributed by atoms with Crippen molar-refractivity contribution >= 4 is 29.5 Å². The van der Waals surface area contributed by atoms with Gasteiger partial charge in [0.2, 0.25) is 11.8 Å². The Morgan fingerprint density at radius 1 is 1.30 bits per heavy atom. The van der Waals surface area contributed by atoms with E-state index in [1.807, 2.05) is 35.2 Å². The van der Waals surface area contributed by atoms with Crippen LogP contribution in [0, 0.1) is 5.92 Å². The Bertz CT molecular complexity index is 651. The number of nitrogens with zero attached hydrogens (tertiary/aromatic N) is 1. The van der Waals surface area contributed by atoms with E-state index < -0.39 is 17.3 Å². The highest BCUT2D eigenvalue weighted by molar-refractivity contribution is 8.00. The normalized spacial score (nSPS) is 21.4. The molecule has 6 nitrogen and oxygen atoms in total. The van der Waals surface area contributed by atoms with Crippen LogP contribution in [-0.4, -0.2) is 57.9 Å². The van der Waals surface area contributed by atoms with Crippen LogP contribution in [0.1, 0.15) is 32.3 Å². The van der Waals surface area contributed by atoms with Gasteiger partial charge < -0.3 is 15.3 Å². The van der Waals surface area contributed by atoms with Crippen LogP contribution in [0.3, 0.4) is 0 Å². The number of benzene rings is 1. The van der Waals surface area contributed by atoms with Gasteiger partial charge in [0, 0.05) is 25.3 Å². The van der Waals surface area contributed by atoms with Crippen molar-refractivity contribution in [3.63, 3.8) is 0 Å². The van der Waals surface area contributed by atoms with E-state index in [1.54, 1.807) is 0 Å². The van der Waals surface area contributed by atoms with Gasteiger partial charge in [0.15, 0.2) is 0 Å². The first-order valence-electron chi connectivity index (χ1n) is 9.33. The molecule has 0 aliphatic carbocycles. The van der Waals surface area contributed by atoms with Crippen LogP contribution in [0.25, 0.3) is 0 Å². The molecule has 0 radical (unpaired) electrons. The third kappa shape index (κ3) is 6.90. The van der Waals surface area contributed by atoms with Gasteiger partial charge in [-0.15, -0.1) is 11.8 Å². The standard InChI is InChI=1S/C20H28N2O4S/c1-14(2)8-9-22-10-11-27-17(13-18(23)24)19(25)21-16(20(22)26)12-15-6-4-3-5-7-15/h3-7,14,16-17H,8-13H2,1-2H3,(H,21,25)(H,23,24)/t16-,17-/m0/s1. The van der Waals surface area contributed by atoms with Crippen molar-refractivity contribution < 1.29 is 19.5 Å². The molecule has 27 heavy (non-hydrogen) atoms. The largest absolute Gasteiger partial charge is 0.481 e. The molecule has 0 saturated carbocycles. The fraction of sp³-hybridized carbons (Fsp3) is 0.550. The van der Waals surface area contributed by atoms with Gasteiger partial charge in [-0.05, 0) is 17.9 Å². The lowest BCUT2D eigenvalue weighted by molar-refractivity contribution is -0.139. The summed E-state index contributed by atoms with van der Waals surface area (Å²) >= 11 is 1.31. The molecule has 0 aromatic heterocycles. The Morgan fingerprint density at radius 3 is 2.63 bits per heavy atom. The minimum absolute atomic E-state index is 0.0931. The van der Waals surface area contributed by atoms with E-state index >= 15 is 0 Å². The Labute approximate surface area is 164 Å². The number of amides is 2. The minimum Gasteiger partial charge on any atom is -0.481 e. The molecule has 2 rings (SSSR count). The number of thioether (sulfide) groups is 1. The van der Waals surface area contributed by atoms with Crippen molar-refractivity contribution in [2.75, 3.05) is 18.8 Å². The van der Waals surface area contributed by atoms with Crippen LogP contribution in [0.5, 0.6) is 0 Å². The number of carboxylic acid groups (broad SMARTS) is 1. The molecule has 1 aliphatic heterocycles. The van der Waals surface area contributed by atoms with Gasteiger partial charge in [-0.2, -0.15) is 0 Å². The van der Waals surface area contributed by atoms with E-state index in [0.717, 1.165) is 12.0 Å². The van der Waals surface area contributed by atoms with Crippen LogP contribution in [0.4, 0.5) is 0 Å². The molecule has 7 heteroatoms. The fourth-order valence-corrected chi connectivity index (χ4v) is 4.06. The molecule has 1 aromatic rings. The maximum Gasteiger partial charge on any atom is 0.305 e. The average molecular weight is 393 g/mol. The summed E-state index contributed by atoms with van der Waals surface area (Å²) in [5, 5.41) is 11.2. The predicted molar refractivity (Wildman–Crippen MR) is 107 cm³/mol. The van der Waals surface area contributed by atoms with Gasteiger partial charge in [-0.1, -0.05) is 44.2 Å². The van der Waals surface area contributed by atoms with Crippen LogP contribution >= 0.6 is 11.8 Å². The molecule has 1 heterocycles. The van der Waals surface area contributed by atoms with Crippen LogP contribution in [0.15, 0.2) is 30.3 Å². The summed E-state index contributed by atoms with van der Waals surface area (Å²) in [6.07, 6.45) is 1.05. The summed E-state index contributed by atoms with van der Waals surface area (Å²) in [5.74, 6) is -0.455. The molecule has 148 valence electrons.